The highest BCUT2D eigenvalue weighted by Crippen LogP contribution is 2.32. The summed E-state index contributed by atoms with van der Waals surface area (Å²) in [6.45, 7) is -0.542. The van der Waals surface area contributed by atoms with Crippen molar-refractivity contribution in [3.63, 3.8) is 0 Å². The number of hydrogen-bond donors (Lipinski definition) is 7. The maximum Gasteiger partial charge on any atom is 0.124 e. The van der Waals surface area contributed by atoms with Crippen LogP contribution in [0.5, 0.6) is 0 Å². The van der Waals surface area contributed by atoms with E-state index in [9.17, 15) is 30.6 Å². The molecule has 0 amide bonds. The lowest BCUT2D eigenvalue weighted by Gasteiger charge is -2.47. The highest BCUT2D eigenvalue weighted by atomic mass is 16.4. The van der Waals surface area contributed by atoms with E-state index >= 15 is 0 Å². The second kappa shape index (κ2) is 4.30. The van der Waals surface area contributed by atoms with E-state index in [1.54, 1.807) is 0 Å². The minimum absolute atomic E-state index is 0.420. The fraction of sp³-hybridized carbons (Fsp3) is 1.00. The Morgan fingerprint density at radius 3 is 1.53 bits per heavy atom. The minimum Gasteiger partial charge on any atom is -0.396 e. The molecule has 0 aromatic rings. The fourth-order valence-corrected chi connectivity index (χ4v) is 1.82. The molecule has 1 rings (SSSR count). The van der Waals surface area contributed by atoms with Crippen molar-refractivity contribution in [2.75, 3.05) is 6.61 Å². The van der Waals surface area contributed by atoms with Crippen molar-refractivity contribution in [1.29, 1.82) is 0 Å². The van der Waals surface area contributed by atoms with Gasteiger partial charge in [0.25, 0.3) is 0 Å². The number of rotatable bonds is 2. The van der Waals surface area contributed by atoms with Crippen molar-refractivity contribution in [1.82, 2.24) is 0 Å². The molecule has 0 aromatic heterocycles. The van der Waals surface area contributed by atoms with E-state index in [4.69, 9.17) is 5.11 Å². The molecule has 1 aliphatic carbocycles. The molecule has 7 nitrogen and oxygen atoms in total. The average molecular weight is 224 g/mol. The molecule has 1 aliphatic rings. The second-order valence-corrected chi connectivity index (χ2v) is 3.83. The molecule has 6 atom stereocenters. The third kappa shape index (κ3) is 1.87. The summed E-state index contributed by atoms with van der Waals surface area (Å²) < 4.78 is 0. The van der Waals surface area contributed by atoms with Crippen LogP contribution in [0.3, 0.4) is 0 Å². The molecule has 0 bridgehead atoms. The van der Waals surface area contributed by atoms with Crippen LogP contribution in [0, 0.1) is 0 Å². The standard InChI is InChI=1S/C8H16O7/c9-2-1-8(15)6(13)4(11)3(10)5(12)7(8)14/h3-7,9-15H,1-2H2/t3?,4-,5+,6+,7-,8?. The Labute approximate surface area is 85.8 Å². The van der Waals surface area contributed by atoms with Crippen LogP contribution in [0.1, 0.15) is 6.42 Å². The third-order valence-electron chi connectivity index (χ3n) is 2.88. The van der Waals surface area contributed by atoms with Crippen LogP contribution in [-0.2, 0) is 0 Å². The molecule has 15 heavy (non-hydrogen) atoms. The molecule has 0 heterocycles. The summed E-state index contributed by atoms with van der Waals surface area (Å²) in [6, 6.07) is 0. The Hall–Kier alpha value is -0.280. The lowest BCUT2D eigenvalue weighted by molar-refractivity contribution is -0.271. The summed E-state index contributed by atoms with van der Waals surface area (Å²) in [4.78, 5) is 0. The van der Waals surface area contributed by atoms with Crippen LogP contribution in [0.25, 0.3) is 0 Å². The van der Waals surface area contributed by atoms with Crippen molar-refractivity contribution in [3.05, 3.63) is 0 Å². The number of aliphatic hydroxyl groups is 7. The summed E-state index contributed by atoms with van der Waals surface area (Å²) in [5, 5.41) is 65.1. The quantitative estimate of drug-likeness (QED) is 0.253. The van der Waals surface area contributed by atoms with Crippen molar-refractivity contribution in [3.8, 4) is 0 Å². The van der Waals surface area contributed by atoms with Crippen LogP contribution < -0.4 is 0 Å². The van der Waals surface area contributed by atoms with E-state index in [0.717, 1.165) is 0 Å². The normalized spacial score (nSPS) is 51.8. The van der Waals surface area contributed by atoms with Gasteiger partial charge >= 0.3 is 0 Å². The van der Waals surface area contributed by atoms with Gasteiger partial charge in [-0.15, -0.1) is 0 Å². The van der Waals surface area contributed by atoms with Gasteiger partial charge in [0.2, 0.25) is 0 Å². The largest absolute Gasteiger partial charge is 0.396 e. The third-order valence-corrected chi connectivity index (χ3v) is 2.88. The molecule has 7 N–H and O–H groups in total. The summed E-state index contributed by atoms with van der Waals surface area (Å²) >= 11 is 0. The highest BCUT2D eigenvalue weighted by molar-refractivity contribution is 5.08. The first-order valence-electron chi connectivity index (χ1n) is 4.60. The van der Waals surface area contributed by atoms with Gasteiger partial charge in [-0.2, -0.15) is 0 Å². The maximum absolute atomic E-state index is 9.78. The van der Waals surface area contributed by atoms with Gasteiger partial charge in [-0.05, 0) is 0 Å². The fourth-order valence-electron chi connectivity index (χ4n) is 1.82. The van der Waals surface area contributed by atoms with E-state index in [1.807, 2.05) is 0 Å². The zero-order valence-corrected chi connectivity index (χ0v) is 7.93. The maximum atomic E-state index is 9.78. The molecular weight excluding hydrogens is 208 g/mol. The Bertz CT molecular complexity index is 205. The van der Waals surface area contributed by atoms with Crippen LogP contribution >= 0.6 is 0 Å². The molecule has 0 radical (unpaired) electrons. The molecule has 0 spiro atoms. The van der Waals surface area contributed by atoms with Crippen molar-refractivity contribution < 1.29 is 35.7 Å². The summed E-state index contributed by atoms with van der Waals surface area (Å²) in [5.41, 5.74) is -2.23. The van der Waals surface area contributed by atoms with Crippen LogP contribution in [0.4, 0.5) is 0 Å². The highest BCUT2D eigenvalue weighted by Gasteiger charge is 2.56. The first kappa shape index (κ1) is 12.8. The van der Waals surface area contributed by atoms with E-state index in [1.165, 1.54) is 0 Å². The molecule has 90 valence electrons. The van der Waals surface area contributed by atoms with Gasteiger partial charge in [-0.25, -0.2) is 0 Å². The minimum atomic E-state index is -2.23. The lowest BCUT2D eigenvalue weighted by Crippen LogP contribution is -2.70. The van der Waals surface area contributed by atoms with E-state index < -0.39 is 49.1 Å². The smallest absolute Gasteiger partial charge is 0.124 e. The number of hydrogen-bond acceptors (Lipinski definition) is 7. The van der Waals surface area contributed by atoms with Gasteiger partial charge < -0.3 is 35.7 Å². The Kier molecular flexibility index (Phi) is 3.67. The predicted octanol–water partition coefficient (Wildman–Crippen LogP) is -4.08. The lowest BCUT2D eigenvalue weighted by atomic mass is 9.73. The molecule has 0 aliphatic heterocycles. The topological polar surface area (TPSA) is 142 Å². The Morgan fingerprint density at radius 1 is 0.800 bits per heavy atom. The van der Waals surface area contributed by atoms with Crippen LogP contribution in [0.15, 0.2) is 0 Å². The van der Waals surface area contributed by atoms with Gasteiger partial charge in [0, 0.05) is 13.0 Å². The SMILES string of the molecule is OCCC1(O)[C@H](O)[C@@H](O)C(O)[C@@H](O)[C@@H]1O. The molecule has 0 aromatic carbocycles. The Morgan fingerprint density at radius 2 is 1.20 bits per heavy atom. The number of aliphatic hydroxyl groups excluding tert-OH is 6. The zero-order chi connectivity index (χ0) is 11.8. The average Bonchev–Trinajstić information content (AvgIpc) is 2.22. The molecule has 2 unspecified atom stereocenters. The van der Waals surface area contributed by atoms with E-state index in [2.05, 4.69) is 0 Å². The predicted molar refractivity (Wildman–Crippen MR) is 46.7 cm³/mol. The van der Waals surface area contributed by atoms with Crippen molar-refractivity contribution >= 4 is 0 Å². The van der Waals surface area contributed by atoms with E-state index in [-0.39, 0.29) is 0 Å². The first-order chi connectivity index (χ1) is 6.86. The molecule has 0 saturated heterocycles. The van der Waals surface area contributed by atoms with E-state index in [0.29, 0.717) is 0 Å². The molecular formula is C8H16O7. The monoisotopic (exact) mass is 224 g/mol. The van der Waals surface area contributed by atoms with Gasteiger partial charge in [0.15, 0.2) is 0 Å². The van der Waals surface area contributed by atoms with Crippen molar-refractivity contribution in [2.45, 2.75) is 42.5 Å². The van der Waals surface area contributed by atoms with Crippen LogP contribution in [-0.4, -0.2) is 78.5 Å². The zero-order valence-electron chi connectivity index (χ0n) is 7.93. The van der Waals surface area contributed by atoms with Gasteiger partial charge in [-0.1, -0.05) is 0 Å². The van der Waals surface area contributed by atoms with Gasteiger partial charge in [-0.3, -0.25) is 0 Å². The van der Waals surface area contributed by atoms with Crippen molar-refractivity contribution in [2.24, 2.45) is 0 Å². The molecule has 7 heteroatoms. The summed E-state index contributed by atoms with van der Waals surface area (Å²) in [5.74, 6) is 0. The second-order valence-electron chi connectivity index (χ2n) is 3.83. The van der Waals surface area contributed by atoms with Gasteiger partial charge in [0.1, 0.15) is 36.1 Å². The Balaban J connectivity index is 2.95. The van der Waals surface area contributed by atoms with Crippen LogP contribution in [0.2, 0.25) is 0 Å². The molecule has 1 fully saturated rings. The van der Waals surface area contributed by atoms with Gasteiger partial charge in [0.05, 0.1) is 0 Å². The summed E-state index contributed by atoms with van der Waals surface area (Å²) in [6.07, 6.45) is -9.39. The molecule has 1 saturated carbocycles. The summed E-state index contributed by atoms with van der Waals surface area (Å²) in [7, 11) is 0. The first-order valence-corrected chi connectivity index (χ1v) is 4.60.